The fourth-order valence-corrected chi connectivity index (χ4v) is 3.98. The van der Waals surface area contributed by atoms with Crippen molar-refractivity contribution < 1.29 is 4.74 Å². The first-order valence-corrected chi connectivity index (χ1v) is 7.91. The summed E-state index contributed by atoms with van der Waals surface area (Å²) < 4.78 is 5.97. The second-order valence-electron chi connectivity index (χ2n) is 5.55. The quantitative estimate of drug-likeness (QED) is 0.883. The highest BCUT2D eigenvalue weighted by molar-refractivity contribution is 7.07. The smallest absolute Gasteiger partial charge is 0.0597 e. The van der Waals surface area contributed by atoms with E-state index in [2.05, 4.69) is 50.0 Å². The molecule has 0 aromatic carbocycles. The molecule has 1 N–H and O–H groups in total. The lowest BCUT2D eigenvalue weighted by Gasteiger charge is -2.28. The van der Waals surface area contributed by atoms with E-state index in [-0.39, 0.29) is 0 Å². The molecule has 1 aromatic heterocycles. The van der Waals surface area contributed by atoms with E-state index in [1.54, 1.807) is 11.3 Å². The van der Waals surface area contributed by atoms with E-state index in [1.165, 1.54) is 18.4 Å². The lowest BCUT2D eigenvalue weighted by Crippen LogP contribution is -2.40. The molecule has 2 rings (SSSR count). The Labute approximate surface area is 115 Å². The van der Waals surface area contributed by atoms with Crippen LogP contribution in [0, 0.1) is 11.8 Å². The van der Waals surface area contributed by atoms with Crippen molar-refractivity contribution in [2.45, 2.75) is 51.9 Å². The van der Waals surface area contributed by atoms with Crippen LogP contribution in [0.4, 0.5) is 0 Å². The molecule has 1 aliphatic heterocycles. The van der Waals surface area contributed by atoms with Gasteiger partial charge in [0.05, 0.1) is 12.2 Å². The zero-order chi connectivity index (χ0) is 13.1. The third kappa shape index (κ3) is 2.95. The van der Waals surface area contributed by atoms with Gasteiger partial charge >= 0.3 is 0 Å². The minimum absolute atomic E-state index is 0.370. The molecule has 2 nitrogen and oxygen atoms in total. The van der Waals surface area contributed by atoms with Gasteiger partial charge in [-0.25, -0.2) is 0 Å². The molecule has 3 heteroatoms. The lowest BCUT2D eigenvalue weighted by molar-refractivity contribution is 0.0475. The summed E-state index contributed by atoms with van der Waals surface area (Å²) in [6.45, 7) is 6.75. The summed E-state index contributed by atoms with van der Waals surface area (Å²) in [5, 5.41) is 7.93. The highest BCUT2D eigenvalue weighted by Crippen LogP contribution is 2.35. The van der Waals surface area contributed by atoms with E-state index in [0.717, 1.165) is 0 Å². The van der Waals surface area contributed by atoms with Gasteiger partial charge in [-0.05, 0) is 62.0 Å². The van der Waals surface area contributed by atoms with Gasteiger partial charge in [0.1, 0.15) is 0 Å². The molecule has 5 unspecified atom stereocenters. The van der Waals surface area contributed by atoms with Crippen molar-refractivity contribution in [1.82, 2.24) is 5.32 Å². The topological polar surface area (TPSA) is 21.3 Å². The molecule has 0 spiro atoms. The van der Waals surface area contributed by atoms with Gasteiger partial charge < -0.3 is 10.1 Å². The van der Waals surface area contributed by atoms with E-state index in [9.17, 15) is 0 Å². The Kier molecular flexibility index (Phi) is 4.82. The summed E-state index contributed by atoms with van der Waals surface area (Å²) in [5.74, 6) is 1.27. The first-order chi connectivity index (χ1) is 8.63. The molecular weight excluding hydrogens is 242 g/mol. The fourth-order valence-electron chi connectivity index (χ4n) is 3.27. The Morgan fingerprint density at radius 3 is 2.61 bits per heavy atom. The fraction of sp³-hybridized carbons (Fsp3) is 0.733. The molecule has 5 atom stereocenters. The molecule has 1 saturated heterocycles. The third-order valence-corrected chi connectivity index (χ3v) is 5.21. The van der Waals surface area contributed by atoms with Gasteiger partial charge in [0.25, 0.3) is 0 Å². The maximum absolute atomic E-state index is 5.97. The molecule has 0 aliphatic carbocycles. The molecule has 102 valence electrons. The van der Waals surface area contributed by atoms with Crippen molar-refractivity contribution >= 4 is 11.3 Å². The van der Waals surface area contributed by atoms with E-state index in [1.807, 2.05) is 0 Å². The summed E-state index contributed by atoms with van der Waals surface area (Å²) in [7, 11) is 2.08. The number of thiophene rings is 1. The van der Waals surface area contributed by atoms with Crippen molar-refractivity contribution in [3.63, 3.8) is 0 Å². The van der Waals surface area contributed by atoms with Gasteiger partial charge in [0.2, 0.25) is 0 Å². The van der Waals surface area contributed by atoms with Crippen LogP contribution in [0.5, 0.6) is 0 Å². The molecule has 0 radical (unpaired) electrons. The maximum Gasteiger partial charge on any atom is 0.0597 e. The number of nitrogens with one attached hydrogen (secondary N) is 1. The van der Waals surface area contributed by atoms with Gasteiger partial charge in [-0.1, -0.05) is 6.92 Å². The van der Waals surface area contributed by atoms with Crippen molar-refractivity contribution in [3.8, 4) is 0 Å². The number of aryl methyl sites for hydroxylation is 1. The van der Waals surface area contributed by atoms with Crippen LogP contribution in [0.1, 0.15) is 32.8 Å². The number of hydrogen-bond donors (Lipinski definition) is 1. The summed E-state index contributed by atoms with van der Waals surface area (Å²) in [4.78, 5) is 0. The highest BCUT2D eigenvalue weighted by Gasteiger charge is 2.40. The Morgan fingerprint density at radius 2 is 2.11 bits per heavy atom. The molecule has 0 saturated carbocycles. The van der Waals surface area contributed by atoms with Gasteiger partial charge in [0, 0.05) is 12.0 Å². The van der Waals surface area contributed by atoms with Gasteiger partial charge in [0.15, 0.2) is 0 Å². The average Bonchev–Trinajstić information content (AvgIpc) is 2.93. The second kappa shape index (κ2) is 6.18. The van der Waals surface area contributed by atoms with Crippen LogP contribution in [-0.2, 0) is 11.2 Å². The van der Waals surface area contributed by atoms with Crippen LogP contribution < -0.4 is 5.32 Å². The predicted octanol–water partition coefficient (Wildman–Crippen LogP) is 3.33. The molecule has 1 aromatic rings. The molecule has 1 aliphatic rings. The van der Waals surface area contributed by atoms with Crippen LogP contribution in [0.3, 0.4) is 0 Å². The van der Waals surface area contributed by atoms with Crippen molar-refractivity contribution in [2.75, 3.05) is 7.05 Å². The highest BCUT2D eigenvalue weighted by atomic mass is 32.1. The van der Waals surface area contributed by atoms with E-state index in [4.69, 9.17) is 4.74 Å². The van der Waals surface area contributed by atoms with E-state index < -0.39 is 0 Å². The summed E-state index contributed by atoms with van der Waals surface area (Å²) >= 11 is 1.79. The molecule has 1 fully saturated rings. The number of ether oxygens (including phenoxy) is 1. The van der Waals surface area contributed by atoms with Crippen molar-refractivity contribution in [2.24, 2.45) is 11.8 Å². The average molecular weight is 267 g/mol. The standard InChI is InChI=1S/C15H25NOS/c1-10-11(2)17-12(3)15(10)14(16-4)6-5-13-7-8-18-9-13/h7-12,14-16H,5-6H2,1-4H3. The summed E-state index contributed by atoms with van der Waals surface area (Å²) in [5.41, 5.74) is 1.47. The van der Waals surface area contributed by atoms with Crippen LogP contribution in [-0.4, -0.2) is 25.3 Å². The molecular formula is C15H25NOS. The first-order valence-electron chi connectivity index (χ1n) is 6.97. The van der Waals surface area contributed by atoms with Gasteiger partial charge in [-0.2, -0.15) is 11.3 Å². The Bertz CT molecular complexity index is 351. The Balaban J connectivity index is 1.95. The molecule has 18 heavy (non-hydrogen) atoms. The van der Waals surface area contributed by atoms with Crippen molar-refractivity contribution in [3.05, 3.63) is 22.4 Å². The SMILES string of the molecule is CNC(CCc1ccsc1)C1C(C)OC(C)C1C. The van der Waals surface area contributed by atoms with Crippen LogP contribution in [0.2, 0.25) is 0 Å². The zero-order valence-electron chi connectivity index (χ0n) is 11.8. The summed E-state index contributed by atoms with van der Waals surface area (Å²) in [6, 6.07) is 2.79. The first kappa shape index (κ1) is 14.0. The van der Waals surface area contributed by atoms with Crippen LogP contribution >= 0.6 is 11.3 Å². The molecule has 0 amide bonds. The second-order valence-corrected chi connectivity index (χ2v) is 6.33. The third-order valence-electron chi connectivity index (χ3n) is 4.48. The Hall–Kier alpha value is -0.380. The monoisotopic (exact) mass is 267 g/mol. The van der Waals surface area contributed by atoms with Gasteiger partial charge in [-0.15, -0.1) is 0 Å². The number of rotatable bonds is 5. The minimum atomic E-state index is 0.370. The number of hydrogen-bond acceptors (Lipinski definition) is 3. The Morgan fingerprint density at radius 1 is 1.33 bits per heavy atom. The van der Waals surface area contributed by atoms with Crippen molar-refractivity contribution in [1.29, 1.82) is 0 Å². The van der Waals surface area contributed by atoms with Crippen LogP contribution in [0.25, 0.3) is 0 Å². The van der Waals surface area contributed by atoms with Crippen LogP contribution in [0.15, 0.2) is 16.8 Å². The van der Waals surface area contributed by atoms with E-state index >= 15 is 0 Å². The summed E-state index contributed by atoms with van der Waals surface area (Å²) in [6.07, 6.45) is 3.12. The molecule has 2 heterocycles. The lowest BCUT2D eigenvalue weighted by atomic mass is 9.81. The zero-order valence-corrected chi connectivity index (χ0v) is 12.7. The largest absolute Gasteiger partial charge is 0.375 e. The molecule has 0 bridgehead atoms. The predicted molar refractivity (Wildman–Crippen MR) is 78.2 cm³/mol. The van der Waals surface area contributed by atoms with E-state index in [0.29, 0.717) is 30.1 Å². The maximum atomic E-state index is 5.97. The minimum Gasteiger partial charge on any atom is -0.375 e. The van der Waals surface area contributed by atoms with Gasteiger partial charge in [-0.3, -0.25) is 0 Å². The normalized spacial score (nSPS) is 33.8.